The fraction of sp³-hybridized carbons (Fsp3) is 0.222. The number of rotatable bonds is 0. The van der Waals surface area contributed by atoms with Gasteiger partial charge in [-0.1, -0.05) is 36.4 Å². The van der Waals surface area contributed by atoms with E-state index < -0.39 is 7.81 Å². The molecule has 0 saturated carbocycles. The third-order valence-corrected chi connectivity index (χ3v) is 2.47. The van der Waals surface area contributed by atoms with E-state index in [4.69, 9.17) is 0 Å². The zero-order chi connectivity index (χ0) is 20.6. The molecule has 0 atom stereocenters. The van der Waals surface area contributed by atoms with Crippen LogP contribution in [0, 0.1) is 0 Å². The van der Waals surface area contributed by atoms with Crippen LogP contribution in [0.3, 0.4) is 0 Å². The molecule has 2 heterocycles. The van der Waals surface area contributed by atoms with Gasteiger partial charge in [-0.25, -0.2) is 0 Å². The number of halogens is 6. The third kappa shape index (κ3) is 39.5. The first kappa shape index (κ1) is 28.6. The summed E-state index contributed by atoms with van der Waals surface area (Å²) < 4.78 is 59.2. The van der Waals surface area contributed by atoms with Gasteiger partial charge < -0.3 is 0 Å². The Morgan fingerprint density at radius 3 is 0.786 bits per heavy atom. The molecule has 2 aromatic rings. The molecule has 0 N–H and O–H groups in total. The van der Waals surface area contributed by atoms with Gasteiger partial charge in [0.2, 0.25) is 0 Å². The fourth-order valence-corrected chi connectivity index (χ4v) is 1.48. The largest absolute Gasteiger partial charge is 0.265 e. The van der Waals surface area contributed by atoms with Crippen LogP contribution in [0.2, 0.25) is 0 Å². The summed E-state index contributed by atoms with van der Waals surface area (Å²) in [6.07, 6.45) is 21.0. The van der Waals surface area contributed by atoms with E-state index in [0.717, 1.165) is 0 Å². The Labute approximate surface area is 174 Å². The molecule has 28 heavy (non-hydrogen) atoms. The molecule has 0 amide bonds. The van der Waals surface area contributed by atoms with Crippen molar-refractivity contribution < 1.29 is 45.3 Å². The summed E-state index contributed by atoms with van der Waals surface area (Å²) >= 11 is 0. The SMILES string of the molecule is C1=CCCC=CCC1.F[P-](F)(F)(F)(F)F.[Ir].c1ccncc1.c1ccncc1. The number of hydrogen-bond acceptors (Lipinski definition) is 2. The molecular formula is C18H22F6IrN2P-. The summed E-state index contributed by atoms with van der Waals surface area (Å²) in [4.78, 5) is 7.57. The summed E-state index contributed by atoms with van der Waals surface area (Å²) in [5.41, 5.74) is 0. The molecule has 10 heteroatoms. The van der Waals surface area contributed by atoms with E-state index in [1.165, 1.54) is 25.7 Å². The average Bonchev–Trinajstić information content (AvgIpc) is 2.56. The molecule has 1 aliphatic rings. The van der Waals surface area contributed by atoms with Crippen LogP contribution in [0.5, 0.6) is 0 Å². The maximum atomic E-state index is 9.87. The molecule has 0 fully saturated rings. The second-order valence-corrected chi connectivity index (χ2v) is 7.02. The Balaban J connectivity index is 0. The second-order valence-electron chi connectivity index (χ2n) is 5.10. The standard InChI is InChI=1S/C8H12.2C5H5N.F6P.Ir/c1-2-4-6-8-7-5-3-1;2*1-2-4-6-5-3-1;1-7(2,3,4,5)6;/h1-2,7-8H,3-6H2;2*1-5H;;/q;;;-1;. The van der Waals surface area contributed by atoms with Crippen molar-refractivity contribution in [3.05, 3.63) is 85.5 Å². The van der Waals surface area contributed by atoms with Crippen molar-refractivity contribution in [2.75, 3.05) is 0 Å². The molecular weight excluding hydrogens is 581 g/mol. The van der Waals surface area contributed by atoms with E-state index in [1.54, 1.807) is 24.8 Å². The van der Waals surface area contributed by atoms with Gasteiger partial charge in [0, 0.05) is 44.9 Å². The molecule has 1 radical (unpaired) electrons. The Bertz CT molecular complexity index is 527. The molecule has 3 rings (SSSR count). The molecule has 161 valence electrons. The van der Waals surface area contributed by atoms with Gasteiger partial charge in [0.1, 0.15) is 0 Å². The maximum absolute atomic E-state index is 10.7. The minimum absolute atomic E-state index is 0. The summed E-state index contributed by atoms with van der Waals surface area (Å²) in [6, 6.07) is 11.4. The van der Waals surface area contributed by atoms with E-state index in [9.17, 15) is 25.2 Å². The van der Waals surface area contributed by atoms with Gasteiger partial charge in [0.25, 0.3) is 0 Å². The molecule has 0 spiro atoms. The average molecular weight is 604 g/mol. The third-order valence-electron chi connectivity index (χ3n) is 2.47. The number of pyridine rings is 2. The predicted molar refractivity (Wildman–Crippen MR) is 98.8 cm³/mol. The molecule has 1 aliphatic carbocycles. The smallest absolute Gasteiger partial charge is 0.0267 e. The summed E-state index contributed by atoms with van der Waals surface area (Å²) in [5.74, 6) is 0. The Morgan fingerprint density at radius 1 is 0.464 bits per heavy atom. The van der Waals surface area contributed by atoms with Gasteiger partial charge in [0.15, 0.2) is 0 Å². The van der Waals surface area contributed by atoms with Crippen molar-refractivity contribution in [1.82, 2.24) is 9.97 Å². The van der Waals surface area contributed by atoms with Crippen molar-refractivity contribution in [2.24, 2.45) is 0 Å². The van der Waals surface area contributed by atoms with Crippen molar-refractivity contribution in [3.63, 3.8) is 0 Å². The van der Waals surface area contributed by atoms with E-state index >= 15 is 0 Å². The van der Waals surface area contributed by atoms with Gasteiger partial charge in [-0.05, 0) is 49.9 Å². The number of allylic oxidation sites excluding steroid dienone is 4. The summed E-state index contributed by atoms with van der Waals surface area (Å²) in [7, 11) is -10.7. The van der Waals surface area contributed by atoms with E-state index in [2.05, 4.69) is 34.3 Å². The summed E-state index contributed by atoms with van der Waals surface area (Å²) in [6.45, 7) is 0. The molecule has 2 aromatic heterocycles. The Kier molecular flexibility index (Phi) is 13.9. The predicted octanol–water partition coefficient (Wildman–Crippen LogP) is 8.22. The topological polar surface area (TPSA) is 25.8 Å². The monoisotopic (exact) mass is 604 g/mol. The zero-order valence-electron chi connectivity index (χ0n) is 14.9. The van der Waals surface area contributed by atoms with E-state index in [0.29, 0.717) is 0 Å². The number of hydrogen-bond donors (Lipinski definition) is 0. The first-order chi connectivity index (χ1) is 12.4. The van der Waals surface area contributed by atoms with Crippen molar-refractivity contribution in [3.8, 4) is 0 Å². The van der Waals surface area contributed by atoms with Crippen LogP contribution in [0.1, 0.15) is 25.7 Å². The number of nitrogens with zero attached hydrogens (tertiary/aromatic N) is 2. The molecule has 0 bridgehead atoms. The molecule has 0 saturated heterocycles. The van der Waals surface area contributed by atoms with Crippen molar-refractivity contribution in [1.29, 1.82) is 0 Å². The number of aromatic nitrogens is 2. The second kappa shape index (κ2) is 13.6. The quantitative estimate of drug-likeness (QED) is 0.172. The first-order valence-corrected chi connectivity index (χ1v) is 10.0. The van der Waals surface area contributed by atoms with Gasteiger partial charge in [-0.2, -0.15) is 0 Å². The molecule has 0 aromatic carbocycles. The molecule has 0 aliphatic heterocycles. The van der Waals surface area contributed by atoms with Crippen LogP contribution in [-0.4, -0.2) is 9.97 Å². The van der Waals surface area contributed by atoms with Crippen LogP contribution in [0.15, 0.2) is 85.5 Å². The van der Waals surface area contributed by atoms with E-state index in [1.807, 2.05) is 36.4 Å². The normalized spacial score (nSPS) is 14.9. The van der Waals surface area contributed by atoms with Crippen LogP contribution in [0.4, 0.5) is 25.2 Å². The summed E-state index contributed by atoms with van der Waals surface area (Å²) in [5, 5.41) is 0. The van der Waals surface area contributed by atoms with E-state index in [-0.39, 0.29) is 20.1 Å². The fourth-order valence-electron chi connectivity index (χ4n) is 1.48. The maximum Gasteiger partial charge on any atom is 0.0267 e. The minimum Gasteiger partial charge on any atom is -0.265 e. The minimum atomic E-state index is -10.7. The van der Waals surface area contributed by atoms with Gasteiger partial charge in [-0.15, -0.1) is 0 Å². The molecule has 2 nitrogen and oxygen atoms in total. The Hall–Kier alpha value is -1.56. The van der Waals surface area contributed by atoms with Crippen LogP contribution in [-0.2, 0) is 20.1 Å². The van der Waals surface area contributed by atoms with Crippen LogP contribution in [0.25, 0.3) is 0 Å². The zero-order valence-corrected chi connectivity index (χ0v) is 18.1. The van der Waals surface area contributed by atoms with Crippen molar-refractivity contribution >= 4 is 7.81 Å². The van der Waals surface area contributed by atoms with Gasteiger partial charge in [0.05, 0.1) is 0 Å². The van der Waals surface area contributed by atoms with Crippen LogP contribution < -0.4 is 0 Å². The Morgan fingerprint density at radius 2 is 0.679 bits per heavy atom. The van der Waals surface area contributed by atoms with Gasteiger partial charge in [-0.3, -0.25) is 9.97 Å². The first-order valence-electron chi connectivity index (χ1n) is 8.01. The molecule has 0 unspecified atom stereocenters. The van der Waals surface area contributed by atoms with Crippen LogP contribution >= 0.6 is 7.81 Å². The van der Waals surface area contributed by atoms with Crippen molar-refractivity contribution in [2.45, 2.75) is 25.7 Å². The van der Waals surface area contributed by atoms with Gasteiger partial charge >= 0.3 is 33.0 Å².